The van der Waals surface area contributed by atoms with Crippen LogP contribution in [0.15, 0.2) is 48.5 Å². The fourth-order valence-electron chi connectivity index (χ4n) is 3.16. The third-order valence-corrected chi connectivity index (χ3v) is 4.55. The van der Waals surface area contributed by atoms with Crippen LogP contribution in [0, 0.1) is 5.82 Å². The zero-order chi connectivity index (χ0) is 18.4. The maximum atomic E-state index is 13.1. The topological polar surface area (TPSA) is 44.8 Å². The summed E-state index contributed by atoms with van der Waals surface area (Å²) in [5, 5.41) is 3.09. The summed E-state index contributed by atoms with van der Waals surface area (Å²) in [5.41, 5.74) is 1.76. The lowest BCUT2D eigenvalue weighted by molar-refractivity contribution is -0.131. The lowest BCUT2D eigenvalue weighted by atomic mass is 10.2. The van der Waals surface area contributed by atoms with E-state index < -0.39 is 0 Å². The number of methoxy groups -OCH3 is 1. The molecule has 2 aromatic carbocycles. The number of nitrogens with one attached hydrogen (secondary N) is 1. The quantitative estimate of drug-likeness (QED) is 0.863. The van der Waals surface area contributed by atoms with Crippen molar-refractivity contribution in [1.29, 1.82) is 0 Å². The molecule has 1 N–H and O–H groups in total. The van der Waals surface area contributed by atoms with Gasteiger partial charge in [-0.25, -0.2) is 4.39 Å². The lowest BCUT2D eigenvalue weighted by Gasteiger charge is -2.36. The molecule has 0 atom stereocenters. The number of anilines is 2. The molecular formula is C20H24FN3O2. The summed E-state index contributed by atoms with van der Waals surface area (Å²) in [5.74, 6) is 0.689. The van der Waals surface area contributed by atoms with Crippen LogP contribution >= 0.6 is 0 Å². The van der Waals surface area contributed by atoms with Gasteiger partial charge in [-0.15, -0.1) is 0 Å². The fraction of sp³-hybridized carbons (Fsp3) is 0.350. The Kier molecular flexibility index (Phi) is 5.94. The van der Waals surface area contributed by atoms with Crippen LogP contribution in [0.4, 0.5) is 15.8 Å². The Hall–Kier alpha value is -2.76. The minimum atomic E-state index is -0.284. The Morgan fingerprint density at radius 1 is 1.12 bits per heavy atom. The third kappa shape index (κ3) is 4.45. The van der Waals surface area contributed by atoms with E-state index in [1.807, 2.05) is 29.2 Å². The maximum Gasteiger partial charge on any atom is 0.224 e. The minimum absolute atomic E-state index is 0.119. The van der Waals surface area contributed by atoms with Gasteiger partial charge in [0.15, 0.2) is 0 Å². The summed E-state index contributed by atoms with van der Waals surface area (Å²) in [7, 11) is 1.67. The van der Waals surface area contributed by atoms with Gasteiger partial charge in [-0.1, -0.05) is 18.2 Å². The van der Waals surface area contributed by atoms with E-state index in [0.29, 0.717) is 31.7 Å². The van der Waals surface area contributed by atoms with Gasteiger partial charge < -0.3 is 19.9 Å². The molecule has 1 heterocycles. The Labute approximate surface area is 153 Å². The summed E-state index contributed by atoms with van der Waals surface area (Å²) in [6.45, 7) is 3.44. The van der Waals surface area contributed by atoms with Crippen LogP contribution in [0.2, 0.25) is 0 Å². The molecule has 1 amide bonds. The molecule has 1 aliphatic heterocycles. The summed E-state index contributed by atoms with van der Waals surface area (Å²) < 4.78 is 18.6. The van der Waals surface area contributed by atoms with E-state index in [-0.39, 0.29) is 11.7 Å². The van der Waals surface area contributed by atoms with Gasteiger partial charge in [0.25, 0.3) is 0 Å². The largest absolute Gasteiger partial charge is 0.495 e. The van der Waals surface area contributed by atoms with E-state index in [1.165, 1.54) is 12.1 Å². The zero-order valence-electron chi connectivity index (χ0n) is 15.0. The van der Waals surface area contributed by atoms with Gasteiger partial charge in [-0.3, -0.25) is 4.79 Å². The first-order valence-electron chi connectivity index (χ1n) is 8.82. The van der Waals surface area contributed by atoms with Gasteiger partial charge in [-0.2, -0.15) is 0 Å². The summed E-state index contributed by atoms with van der Waals surface area (Å²) in [4.78, 5) is 16.5. The van der Waals surface area contributed by atoms with E-state index in [9.17, 15) is 9.18 Å². The Balaban J connectivity index is 1.46. The second kappa shape index (κ2) is 8.56. The predicted molar refractivity (Wildman–Crippen MR) is 101 cm³/mol. The van der Waals surface area contributed by atoms with E-state index in [2.05, 4.69) is 10.2 Å². The molecule has 1 aliphatic rings. The van der Waals surface area contributed by atoms with Gasteiger partial charge in [0.1, 0.15) is 11.6 Å². The fourth-order valence-corrected chi connectivity index (χ4v) is 3.16. The molecule has 0 radical (unpaired) electrons. The normalized spacial score (nSPS) is 14.2. The average Bonchev–Trinajstić information content (AvgIpc) is 2.68. The van der Waals surface area contributed by atoms with Crippen LogP contribution in [-0.2, 0) is 4.79 Å². The first-order chi connectivity index (χ1) is 12.7. The molecule has 5 nitrogen and oxygen atoms in total. The van der Waals surface area contributed by atoms with E-state index in [4.69, 9.17) is 4.74 Å². The number of amides is 1. The van der Waals surface area contributed by atoms with Crippen molar-refractivity contribution >= 4 is 17.3 Å². The summed E-state index contributed by atoms with van der Waals surface area (Å²) in [6.07, 6.45) is 0.394. The molecule has 0 aromatic heterocycles. The number of ether oxygens (including phenoxy) is 1. The maximum absolute atomic E-state index is 13.1. The average molecular weight is 357 g/mol. The van der Waals surface area contributed by atoms with E-state index in [1.54, 1.807) is 19.2 Å². The number of nitrogens with zero attached hydrogens (tertiary/aromatic N) is 2. The SMILES string of the molecule is COc1ccccc1N1CCN(C(=O)CCNc2cccc(F)c2)CC1. The molecule has 0 bridgehead atoms. The minimum Gasteiger partial charge on any atom is -0.495 e. The number of carbonyl (C=O) groups excluding carboxylic acids is 1. The van der Waals surface area contributed by atoms with Crippen LogP contribution in [0.3, 0.4) is 0 Å². The molecule has 0 saturated carbocycles. The number of para-hydroxylation sites is 2. The van der Waals surface area contributed by atoms with Crippen LogP contribution in [0.5, 0.6) is 5.75 Å². The second-order valence-corrected chi connectivity index (χ2v) is 6.23. The number of hydrogen-bond acceptors (Lipinski definition) is 4. The first-order valence-corrected chi connectivity index (χ1v) is 8.82. The molecule has 0 spiro atoms. The first kappa shape index (κ1) is 18.0. The van der Waals surface area contributed by atoms with Crippen molar-refractivity contribution in [2.24, 2.45) is 0 Å². The van der Waals surface area contributed by atoms with Crippen molar-refractivity contribution in [3.63, 3.8) is 0 Å². The van der Waals surface area contributed by atoms with Crippen molar-refractivity contribution in [3.05, 3.63) is 54.3 Å². The van der Waals surface area contributed by atoms with Crippen molar-refractivity contribution in [2.45, 2.75) is 6.42 Å². The Morgan fingerprint density at radius 2 is 1.88 bits per heavy atom. The zero-order valence-corrected chi connectivity index (χ0v) is 15.0. The number of halogens is 1. The van der Waals surface area contributed by atoms with Gasteiger partial charge in [0.05, 0.1) is 12.8 Å². The van der Waals surface area contributed by atoms with Gasteiger partial charge >= 0.3 is 0 Å². The third-order valence-electron chi connectivity index (χ3n) is 4.55. The molecule has 1 saturated heterocycles. The van der Waals surface area contributed by atoms with Crippen molar-refractivity contribution in [1.82, 2.24) is 4.90 Å². The van der Waals surface area contributed by atoms with Crippen LogP contribution in [-0.4, -0.2) is 50.6 Å². The molecule has 2 aromatic rings. The van der Waals surface area contributed by atoms with Crippen molar-refractivity contribution in [2.75, 3.05) is 50.1 Å². The van der Waals surface area contributed by atoms with Gasteiger partial charge in [0, 0.05) is 44.8 Å². The number of benzene rings is 2. The molecule has 1 fully saturated rings. The van der Waals surface area contributed by atoms with Crippen LogP contribution < -0.4 is 15.0 Å². The number of rotatable bonds is 6. The molecule has 0 aliphatic carbocycles. The molecule has 6 heteroatoms. The highest BCUT2D eigenvalue weighted by Gasteiger charge is 2.22. The standard InChI is InChI=1S/C20H24FN3O2/c1-26-19-8-3-2-7-18(19)23-11-13-24(14-12-23)20(25)9-10-22-17-6-4-5-16(21)15-17/h2-8,15,22H,9-14H2,1H3. The van der Waals surface area contributed by atoms with E-state index >= 15 is 0 Å². The summed E-state index contributed by atoms with van der Waals surface area (Å²) in [6, 6.07) is 14.2. The van der Waals surface area contributed by atoms with Crippen molar-refractivity contribution < 1.29 is 13.9 Å². The number of carbonyl (C=O) groups is 1. The molecule has 0 unspecified atom stereocenters. The molecule has 3 rings (SSSR count). The highest BCUT2D eigenvalue weighted by Crippen LogP contribution is 2.28. The highest BCUT2D eigenvalue weighted by atomic mass is 19.1. The van der Waals surface area contributed by atoms with Crippen LogP contribution in [0.25, 0.3) is 0 Å². The van der Waals surface area contributed by atoms with Crippen LogP contribution in [0.1, 0.15) is 6.42 Å². The van der Waals surface area contributed by atoms with Crippen molar-refractivity contribution in [3.8, 4) is 5.75 Å². The highest BCUT2D eigenvalue weighted by molar-refractivity contribution is 5.77. The molecular weight excluding hydrogens is 333 g/mol. The Morgan fingerprint density at radius 3 is 2.62 bits per heavy atom. The lowest BCUT2D eigenvalue weighted by Crippen LogP contribution is -2.49. The Bertz CT molecular complexity index is 745. The number of hydrogen-bond donors (Lipinski definition) is 1. The summed E-state index contributed by atoms with van der Waals surface area (Å²) >= 11 is 0. The monoisotopic (exact) mass is 357 g/mol. The van der Waals surface area contributed by atoms with Gasteiger partial charge in [0.2, 0.25) is 5.91 Å². The molecule has 26 heavy (non-hydrogen) atoms. The number of piperazine rings is 1. The van der Waals surface area contributed by atoms with E-state index in [0.717, 1.165) is 24.5 Å². The molecule has 138 valence electrons. The predicted octanol–water partition coefficient (Wildman–Crippen LogP) is 2.99. The second-order valence-electron chi connectivity index (χ2n) is 6.23. The van der Waals surface area contributed by atoms with Gasteiger partial charge in [-0.05, 0) is 30.3 Å². The smallest absolute Gasteiger partial charge is 0.224 e.